The minimum Gasteiger partial charge on any atom is -0.300 e. The van der Waals surface area contributed by atoms with E-state index in [1.54, 1.807) is 0 Å². The highest BCUT2D eigenvalue weighted by Crippen LogP contribution is 2.20. The van der Waals surface area contributed by atoms with Gasteiger partial charge in [0.1, 0.15) is 0 Å². The Morgan fingerprint density at radius 1 is 1.37 bits per heavy atom. The van der Waals surface area contributed by atoms with E-state index >= 15 is 0 Å². The van der Waals surface area contributed by atoms with Crippen molar-refractivity contribution in [3.05, 3.63) is 34.6 Å². The molecule has 2 heterocycles. The second kappa shape index (κ2) is 8.22. The van der Waals surface area contributed by atoms with E-state index in [0.29, 0.717) is 18.0 Å². The fraction of sp³-hybridized carbons (Fsp3) is 0.556. The van der Waals surface area contributed by atoms with Gasteiger partial charge in [-0.3, -0.25) is 4.90 Å². The number of hydrogen-bond acceptors (Lipinski definition) is 5. The molecule has 7 nitrogen and oxygen atoms in total. The fourth-order valence-corrected chi connectivity index (χ4v) is 4.70. The lowest BCUT2D eigenvalue weighted by molar-refractivity contribution is 0.152. The van der Waals surface area contributed by atoms with Gasteiger partial charge in [0.15, 0.2) is 10.6 Å². The average Bonchev–Trinajstić information content (AvgIpc) is 2.89. The molecule has 1 aromatic carbocycles. The van der Waals surface area contributed by atoms with Crippen LogP contribution in [-0.4, -0.2) is 53.1 Å². The van der Waals surface area contributed by atoms with Crippen LogP contribution >= 0.6 is 12.2 Å². The quantitative estimate of drug-likeness (QED) is 0.742. The van der Waals surface area contributed by atoms with Crippen LogP contribution in [0.5, 0.6) is 0 Å². The van der Waals surface area contributed by atoms with E-state index in [1.807, 2.05) is 21.4 Å². The van der Waals surface area contributed by atoms with Crippen molar-refractivity contribution in [1.82, 2.24) is 24.0 Å². The molecule has 1 aliphatic heterocycles. The van der Waals surface area contributed by atoms with E-state index in [2.05, 4.69) is 35.6 Å². The summed E-state index contributed by atoms with van der Waals surface area (Å²) in [5.74, 6) is 0.869. The van der Waals surface area contributed by atoms with E-state index in [0.717, 1.165) is 37.3 Å². The molecule has 0 aliphatic carbocycles. The molecule has 1 unspecified atom stereocenters. The molecule has 0 amide bonds. The standard InChI is InChI=1S/C18H27N5O2S2/c1-4-22-17(15-8-5-7-14(2)11-15)19-23(18(22)26)13-21-10-6-9-16(12-21)20-27(3,24)25/h5,7-8,11,16,20H,4,6,9-10,12-13H2,1-3H3. The first-order valence-corrected chi connectivity index (χ1v) is 11.5. The number of hydrogen-bond donors (Lipinski definition) is 1. The van der Waals surface area contributed by atoms with Crippen molar-refractivity contribution < 1.29 is 8.42 Å². The number of nitrogens with one attached hydrogen (secondary N) is 1. The van der Waals surface area contributed by atoms with Crippen molar-refractivity contribution in [3.63, 3.8) is 0 Å². The Balaban J connectivity index is 1.82. The molecule has 0 radical (unpaired) electrons. The largest absolute Gasteiger partial charge is 0.300 e. The maximum atomic E-state index is 11.5. The van der Waals surface area contributed by atoms with E-state index in [-0.39, 0.29) is 6.04 Å². The lowest BCUT2D eigenvalue weighted by atomic mass is 10.1. The van der Waals surface area contributed by atoms with Gasteiger partial charge in [-0.15, -0.1) is 0 Å². The van der Waals surface area contributed by atoms with E-state index in [1.165, 1.54) is 11.8 Å². The minimum atomic E-state index is -3.20. The van der Waals surface area contributed by atoms with Gasteiger partial charge in [-0.2, -0.15) is 5.10 Å². The first-order chi connectivity index (χ1) is 12.8. The molecule has 1 N–H and O–H groups in total. The molecular formula is C18H27N5O2S2. The molecule has 0 bridgehead atoms. The van der Waals surface area contributed by atoms with Crippen molar-refractivity contribution in [2.45, 2.75) is 45.9 Å². The van der Waals surface area contributed by atoms with Gasteiger partial charge in [0.2, 0.25) is 10.0 Å². The number of sulfonamides is 1. The Kier molecular flexibility index (Phi) is 6.15. The van der Waals surface area contributed by atoms with E-state index in [9.17, 15) is 8.42 Å². The number of piperidine rings is 1. The molecule has 27 heavy (non-hydrogen) atoms. The molecule has 0 saturated carbocycles. The summed E-state index contributed by atoms with van der Waals surface area (Å²) in [4.78, 5) is 2.20. The van der Waals surface area contributed by atoms with Crippen LogP contribution in [0.2, 0.25) is 0 Å². The van der Waals surface area contributed by atoms with Crippen molar-refractivity contribution in [3.8, 4) is 11.4 Å². The molecule has 1 fully saturated rings. The summed E-state index contributed by atoms with van der Waals surface area (Å²) in [6.07, 6.45) is 3.01. The summed E-state index contributed by atoms with van der Waals surface area (Å²) >= 11 is 5.66. The minimum absolute atomic E-state index is 0.0626. The molecule has 3 rings (SSSR count). The lowest BCUT2D eigenvalue weighted by Gasteiger charge is -2.32. The Bertz CT molecular complexity index is 964. The summed E-state index contributed by atoms with van der Waals surface area (Å²) in [7, 11) is -3.20. The lowest BCUT2D eigenvalue weighted by Crippen LogP contribution is -2.47. The Morgan fingerprint density at radius 2 is 2.15 bits per heavy atom. The third-order valence-electron chi connectivity index (χ3n) is 4.74. The second-order valence-corrected chi connectivity index (χ2v) is 9.31. The SMILES string of the molecule is CCn1c(-c2cccc(C)c2)nn(CN2CCCC(NS(C)(=O)=O)C2)c1=S. The van der Waals surface area contributed by atoms with Crippen LogP contribution in [0.15, 0.2) is 24.3 Å². The average molecular weight is 410 g/mol. The van der Waals surface area contributed by atoms with Crippen molar-refractivity contribution in [1.29, 1.82) is 0 Å². The van der Waals surface area contributed by atoms with E-state index < -0.39 is 10.0 Å². The van der Waals surface area contributed by atoms with Crippen LogP contribution in [0.4, 0.5) is 0 Å². The Labute approximate surface area is 166 Å². The van der Waals surface area contributed by atoms with Crippen LogP contribution < -0.4 is 4.72 Å². The summed E-state index contributed by atoms with van der Waals surface area (Å²) < 4.78 is 30.3. The molecular weight excluding hydrogens is 382 g/mol. The molecule has 1 aromatic heterocycles. The molecule has 9 heteroatoms. The topological polar surface area (TPSA) is 72.2 Å². The molecule has 148 valence electrons. The second-order valence-electron chi connectivity index (χ2n) is 7.17. The van der Waals surface area contributed by atoms with Crippen LogP contribution in [0, 0.1) is 11.7 Å². The molecule has 1 aliphatic rings. The first kappa shape index (κ1) is 20.2. The van der Waals surface area contributed by atoms with Crippen LogP contribution in [0.1, 0.15) is 25.3 Å². The highest BCUT2D eigenvalue weighted by Gasteiger charge is 2.23. The van der Waals surface area contributed by atoms with Gasteiger partial charge in [-0.1, -0.05) is 23.8 Å². The van der Waals surface area contributed by atoms with Gasteiger partial charge in [0, 0.05) is 31.2 Å². The molecule has 1 atom stereocenters. The highest BCUT2D eigenvalue weighted by molar-refractivity contribution is 7.88. The summed E-state index contributed by atoms with van der Waals surface area (Å²) in [5.41, 5.74) is 2.23. The zero-order chi connectivity index (χ0) is 19.6. The normalized spacial score (nSPS) is 18.7. The van der Waals surface area contributed by atoms with Crippen LogP contribution in [0.3, 0.4) is 0 Å². The maximum Gasteiger partial charge on any atom is 0.208 e. The molecule has 1 saturated heterocycles. The predicted octanol–water partition coefficient (Wildman–Crippen LogP) is 2.38. The van der Waals surface area contributed by atoms with Gasteiger partial charge < -0.3 is 4.57 Å². The fourth-order valence-electron chi connectivity index (χ4n) is 3.59. The monoisotopic (exact) mass is 409 g/mol. The number of likely N-dealkylation sites (tertiary alicyclic amines) is 1. The van der Waals surface area contributed by atoms with Crippen molar-refractivity contribution >= 4 is 22.2 Å². The van der Waals surface area contributed by atoms with E-state index in [4.69, 9.17) is 17.3 Å². The summed E-state index contributed by atoms with van der Waals surface area (Å²) in [6, 6.07) is 8.19. The number of rotatable bonds is 6. The van der Waals surface area contributed by atoms with Gasteiger partial charge >= 0.3 is 0 Å². The maximum absolute atomic E-state index is 11.5. The van der Waals surface area contributed by atoms with Gasteiger partial charge in [-0.25, -0.2) is 17.8 Å². The molecule has 0 spiro atoms. The predicted molar refractivity (Wildman–Crippen MR) is 109 cm³/mol. The van der Waals surface area contributed by atoms with Crippen molar-refractivity contribution in [2.24, 2.45) is 0 Å². The number of benzene rings is 1. The summed E-state index contributed by atoms with van der Waals surface area (Å²) in [6.45, 7) is 7.01. The van der Waals surface area contributed by atoms with Crippen LogP contribution in [0.25, 0.3) is 11.4 Å². The Hall–Kier alpha value is -1.55. The first-order valence-electron chi connectivity index (χ1n) is 9.21. The third-order valence-corrected chi connectivity index (χ3v) is 5.93. The smallest absolute Gasteiger partial charge is 0.208 e. The third kappa shape index (κ3) is 5.04. The molecule has 2 aromatic rings. The zero-order valence-corrected chi connectivity index (χ0v) is 17.7. The highest BCUT2D eigenvalue weighted by atomic mass is 32.2. The summed E-state index contributed by atoms with van der Waals surface area (Å²) in [5, 5.41) is 4.78. The number of aromatic nitrogens is 3. The van der Waals surface area contributed by atoms with Crippen molar-refractivity contribution in [2.75, 3.05) is 19.3 Å². The number of aryl methyl sites for hydroxylation is 1. The van der Waals surface area contributed by atoms with Gasteiger partial charge in [0.05, 0.1) is 12.9 Å². The zero-order valence-electron chi connectivity index (χ0n) is 16.1. The Morgan fingerprint density at radius 3 is 2.81 bits per heavy atom. The van der Waals surface area contributed by atoms with Crippen LogP contribution in [-0.2, 0) is 23.2 Å². The number of nitrogens with zero attached hydrogens (tertiary/aromatic N) is 4. The van der Waals surface area contributed by atoms with Gasteiger partial charge in [0.25, 0.3) is 0 Å². The van der Waals surface area contributed by atoms with Gasteiger partial charge in [-0.05, 0) is 45.0 Å².